The first-order valence-electron chi connectivity index (χ1n) is 4.53. The Bertz CT molecular complexity index is 346. The average molecular weight is 288 g/mol. The van der Waals surface area contributed by atoms with Gasteiger partial charge in [0.25, 0.3) is 0 Å². The van der Waals surface area contributed by atoms with E-state index in [4.69, 9.17) is 0 Å². The Kier molecular flexibility index (Phi) is 3.09. The molecule has 0 aliphatic rings. The predicted molar refractivity (Wildman–Crippen MR) is 62.2 cm³/mol. The van der Waals surface area contributed by atoms with Gasteiger partial charge in [-0.3, -0.25) is 0 Å². The second-order valence-electron chi connectivity index (χ2n) is 3.04. The molecule has 2 rings (SSSR count). The van der Waals surface area contributed by atoms with Crippen molar-refractivity contribution >= 4 is 34.2 Å². The Balaban J connectivity index is 2.30. The molecule has 0 saturated heterocycles. The summed E-state index contributed by atoms with van der Waals surface area (Å²) in [6.07, 6.45) is 0. The number of benzene rings is 2. The van der Waals surface area contributed by atoms with E-state index in [1.165, 1.54) is 11.4 Å². The molecular formula is C12H11NSn. The fraction of sp³-hybridized carbons (Fsp3) is 0. The van der Waals surface area contributed by atoms with Crippen LogP contribution in [0.3, 0.4) is 0 Å². The molecule has 0 unspecified atom stereocenters. The van der Waals surface area contributed by atoms with Gasteiger partial charge in [0, 0.05) is 0 Å². The molecule has 2 heteroatoms. The third kappa shape index (κ3) is 2.10. The molecule has 0 aromatic heterocycles. The van der Waals surface area contributed by atoms with Crippen LogP contribution in [0.15, 0.2) is 60.7 Å². The van der Waals surface area contributed by atoms with Crippen LogP contribution in [0.2, 0.25) is 0 Å². The van der Waals surface area contributed by atoms with Gasteiger partial charge < -0.3 is 0 Å². The number of hydrogen-bond donors (Lipinski definition) is 0. The van der Waals surface area contributed by atoms with Crippen LogP contribution < -0.4 is 3.12 Å². The SMILES string of the molecule is [SnH][N](c1ccccc1)c1ccccc1. The first kappa shape index (κ1) is 9.59. The summed E-state index contributed by atoms with van der Waals surface area (Å²) in [6.45, 7) is 0. The summed E-state index contributed by atoms with van der Waals surface area (Å²) in [5.41, 5.74) is 2.53. The third-order valence-electron chi connectivity index (χ3n) is 2.07. The summed E-state index contributed by atoms with van der Waals surface area (Å²) in [6, 6.07) is 20.9. The predicted octanol–water partition coefficient (Wildman–Crippen LogP) is 2.64. The molecule has 0 amide bonds. The molecule has 0 spiro atoms. The van der Waals surface area contributed by atoms with Crippen molar-refractivity contribution in [2.75, 3.05) is 3.12 Å². The van der Waals surface area contributed by atoms with E-state index in [9.17, 15) is 0 Å². The van der Waals surface area contributed by atoms with E-state index < -0.39 is 0 Å². The Morgan fingerprint density at radius 1 is 0.643 bits per heavy atom. The van der Waals surface area contributed by atoms with E-state index in [1.807, 2.05) is 12.1 Å². The molecule has 68 valence electrons. The molecular weight excluding hydrogens is 277 g/mol. The van der Waals surface area contributed by atoms with Gasteiger partial charge in [-0.1, -0.05) is 0 Å². The molecule has 14 heavy (non-hydrogen) atoms. The van der Waals surface area contributed by atoms with Crippen molar-refractivity contribution in [3.8, 4) is 0 Å². The molecule has 0 fully saturated rings. The van der Waals surface area contributed by atoms with Crippen LogP contribution >= 0.6 is 0 Å². The van der Waals surface area contributed by atoms with E-state index in [0.717, 1.165) is 22.8 Å². The topological polar surface area (TPSA) is 3.24 Å². The first-order chi connectivity index (χ1) is 6.88. The first-order valence-corrected chi connectivity index (χ1v) is 6.00. The van der Waals surface area contributed by atoms with E-state index in [1.54, 1.807) is 0 Å². The molecule has 1 nitrogen and oxygen atoms in total. The van der Waals surface area contributed by atoms with Crippen molar-refractivity contribution < 1.29 is 0 Å². The van der Waals surface area contributed by atoms with Crippen LogP contribution in [0, 0.1) is 0 Å². The van der Waals surface area contributed by atoms with Crippen molar-refractivity contribution in [2.24, 2.45) is 0 Å². The molecule has 0 saturated carbocycles. The number of nitrogens with zero attached hydrogens (tertiary/aromatic N) is 1. The molecule has 0 aliphatic heterocycles. The monoisotopic (exact) mass is 289 g/mol. The number of hydrogen-bond acceptors (Lipinski definition) is 1. The Morgan fingerprint density at radius 2 is 1.00 bits per heavy atom. The van der Waals surface area contributed by atoms with E-state index in [-0.39, 0.29) is 0 Å². The molecule has 2 aromatic carbocycles. The van der Waals surface area contributed by atoms with Gasteiger partial charge in [0.15, 0.2) is 0 Å². The molecule has 2 radical (unpaired) electrons. The summed E-state index contributed by atoms with van der Waals surface area (Å²) >= 11 is 1.07. The maximum absolute atomic E-state index is 2.30. The summed E-state index contributed by atoms with van der Waals surface area (Å²) in [5.74, 6) is 0. The van der Waals surface area contributed by atoms with Crippen LogP contribution in [0.5, 0.6) is 0 Å². The van der Waals surface area contributed by atoms with Gasteiger partial charge in [-0.25, -0.2) is 0 Å². The Morgan fingerprint density at radius 3 is 1.36 bits per heavy atom. The Labute approximate surface area is 97.8 Å². The summed E-state index contributed by atoms with van der Waals surface area (Å²) < 4.78 is 2.30. The molecule has 0 aliphatic carbocycles. The van der Waals surface area contributed by atoms with Gasteiger partial charge in [-0.15, -0.1) is 0 Å². The standard InChI is InChI=1S/C12H10N.Sn.H/c1-3-7-11(8-4-1)13-12-9-5-2-6-10-12;;/h1-10H;;/q-1;+1;. The normalized spacial score (nSPS) is 9.79. The summed E-state index contributed by atoms with van der Waals surface area (Å²) in [4.78, 5) is 0. The minimum absolute atomic E-state index is 1.07. The summed E-state index contributed by atoms with van der Waals surface area (Å²) in [7, 11) is 0. The quantitative estimate of drug-likeness (QED) is 0.768. The van der Waals surface area contributed by atoms with Crippen LogP contribution in [-0.4, -0.2) is 22.8 Å². The zero-order chi connectivity index (χ0) is 9.80. The zero-order valence-corrected chi connectivity index (χ0v) is 11.1. The fourth-order valence-electron chi connectivity index (χ4n) is 1.33. The minimum atomic E-state index is 1.07. The Hall–Kier alpha value is -0.961. The van der Waals surface area contributed by atoms with E-state index >= 15 is 0 Å². The second kappa shape index (κ2) is 4.51. The molecule has 0 N–H and O–H groups in total. The van der Waals surface area contributed by atoms with Gasteiger partial charge in [0.2, 0.25) is 0 Å². The van der Waals surface area contributed by atoms with Crippen molar-refractivity contribution in [2.45, 2.75) is 0 Å². The second-order valence-corrected chi connectivity index (χ2v) is 4.51. The van der Waals surface area contributed by atoms with Gasteiger partial charge >= 0.3 is 98.0 Å². The molecule has 0 bridgehead atoms. The molecule has 2 aromatic rings. The number of para-hydroxylation sites is 2. The van der Waals surface area contributed by atoms with E-state index in [0.29, 0.717) is 0 Å². The number of rotatable bonds is 2. The number of anilines is 2. The van der Waals surface area contributed by atoms with Crippen LogP contribution in [-0.2, 0) is 0 Å². The fourth-order valence-corrected chi connectivity index (χ4v) is 2.31. The van der Waals surface area contributed by atoms with Crippen LogP contribution in [0.25, 0.3) is 0 Å². The van der Waals surface area contributed by atoms with Gasteiger partial charge in [0.05, 0.1) is 0 Å². The average Bonchev–Trinajstić information content (AvgIpc) is 2.30. The van der Waals surface area contributed by atoms with E-state index in [2.05, 4.69) is 51.7 Å². The third-order valence-corrected chi connectivity index (χ3v) is 3.77. The van der Waals surface area contributed by atoms with Crippen molar-refractivity contribution in [1.82, 2.24) is 0 Å². The summed E-state index contributed by atoms with van der Waals surface area (Å²) in [5, 5.41) is 0. The molecule has 0 heterocycles. The van der Waals surface area contributed by atoms with Crippen molar-refractivity contribution in [3.63, 3.8) is 0 Å². The van der Waals surface area contributed by atoms with Crippen molar-refractivity contribution in [1.29, 1.82) is 0 Å². The molecule has 0 atom stereocenters. The zero-order valence-electron chi connectivity index (χ0n) is 7.80. The van der Waals surface area contributed by atoms with Crippen molar-refractivity contribution in [3.05, 3.63) is 60.7 Å². The van der Waals surface area contributed by atoms with Gasteiger partial charge in [-0.2, -0.15) is 0 Å². The van der Waals surface area contributed by atoms with Gasteiger partial charge in [0.1, 0.15) is 0 Å². The van der Waals surface area contributed by atoms with Crippen LogP contribution in [0.4, 0.5) is 11.4 Å². The van der Waals surface area contributed by atoms with Crippen LogP contribution in [0.1, 0.15) is 0 Å². The van der Waals surface area contributed by atoms with Gasteiger partial charge in [-0.05, 0) is 0 Å². The maximum atomic E-state index is 2.30.